The zero-order valence-electron chi connectivity index (χ0n) is 11.4. The van der Waals surface area contributed by atoms with Crippen LogP contribution in [0.2, 0.25) is 0 Å². The van der Waals surface area contributed by atoms with Crippen molar-refractivity contribution in [3.8, 4) is 0 Å². The Balaban J connectivity index is 2.57. The average molecular weight is 226 g/mol. The summed E-state index contributed by atoms with van der Waals surface area (Å²) in [6.45, 7) is 11.6. The van der Waals surface area contributed by atoms with Crippen LogP contribution in [0.3, 0.4) is 0 Å². The maximum atomic E-state index is 11.5. The third kappa shape index (κ3) is 4.15. The summed E-state index contributed by atoms with van der Waals surface area (Å²) in [5.41, 5.74) is 0.720. The molecule has 0 aromatic rings. The molecule has 94 valence electrons. The van der Waals surface area contributed by atoms with E-state index >= 15 is 0 Å². The van der Waals surface area contributed by atoms with Gasteiger partial charge in [0.15, 0.2) is 0 Å². The van der Waals surface area contributed by atoms with Crippen molar-refractivity contribution in [1.29, 1.82) is 0 Å². The van der Waals surface area contributed by atoms with Gasteiger partial charge in [-0.05, 0) is 42.9 Å². The number of hydrogen-bond donors (Lipinski definition) is 0. The number of rotatable bonds is 3. The minimum atomic E-state index is -0.0269. The van der Waals surface area contributed by atoms with Crippen molar-refractivity contribution in [1.82, 2.24) is 0 Å². The summed E-state index contributed by atoms with van der Waals surface area (Å²) >= 11 is 0. The van der Waals surface area contributed by atoms with Gasteiger partial charge in [-0.1, -0.05) is 27.7 Å². The van der Waals surface area contributed by atoms with Gasteiger partial charge in [-0.15, -0.1) is 0 Å². The summed E-state index contributed by atoms with van der Waals surface area (Å²) in [5, 5.41) is 0. The van der Waals surface area contributed by atoms with Gasteiger partial charge in [0.2, 0.25) is 0 Å². The molecule has 0 amide bonds. The third-order valence-corrected chi connectivity index (χ3v) is 3.40. The first-order valence-corrected chi connectivity index (χ1v) is 6.40. The Bertz CT molecular complexity index is 237. The normalized spacial score (nSPS) is 24.1. The van der Waals surface area contributed by atoms with E-state index in [4.69, 9.17) is 4.74 Å². The molecule has 0 N–H and O–H groups in total. The molecule has 0 bridgehead atoms. The molecule has 0 aromatic carbocycles. The summed E-state index contributed by atoms with van der Waals surface area (Å²) in [4.78, 5) is 11.5. The van der Waals surface area contributed by atoms with Crippen LogP contribution in [-0.2, 0) is 9.53 Å². The maximum Gasteiger partial charge on any atom is 0.306 e. The third-order valence-electron chi connectivity index (χ3n) is 3.40. The van der Waals surface area contributed by atoms with Crippen molar-refractivity contribution < 1.29 is 9.53 Å². The molecule has 1 fully saturated rings. The molecule has 1 rings (SSSR count). The Morgan fingerprint density at radius 2 is 1.69 bits per heavy atom. The predicted octanol–water partition coefficient (Wildman–Crippen LogP) is 3.79. The topological polar surface area (TPSA) is 26.3 Å². The summed E-state index contributed by atoms with van der Waals surface area (Å²) < 4.78 is 5.04. The second-order valence-electron chi connectivity index (χ2n) is 6.79. The van der Waals surface area contributed by atoms with Crippen LogP contribution in [0.4, 0.5) is 0 Å². The summed E-state index contributed by atoms with van der Waals surface area (Å²) in [6, 6.07) is 0. The van der Waals surface area contributed by atoms with Crippen molar-refractivity contribution in [2.24, 2.45) is 16.7 Å². The van der Waals surface area contributed by atoms with Crippen LogP contribution >= 0.6 is 0 Å². The second kappa shape index (κ2) is 4.77. The van der Waals surface area contributed by atoms with Crippen molar-refractivity contribution in [3.05, 3.63) is 0 Å². The lowest BCUT2D eigenvalue weighted by atomic mass is 9.61. The van der Waals surface area contributed by atoms with Crippen LogP contribution in [0.15, 0.2) is 0 Å². The highest BCUT2D eigenvalue weighted by molar-refractivity contribution is 5.69. The number of ether oxygens (including phenoxy) is 1. The molecule has 2 nitrogen and oxygen atoms in total. The van der Waals surface area contributed by atoms with Gasteiger partial charge in [-0.3, -0.25) is 4.79 Å². The van der Waals surface area contributed by atoms with Crippen LogP contribution in [0.25, 0.3) is 0 Å². The molecular weight excluding hydrogens is 200 g/mol. The zero-order chi connectivity index (χ0) is 12.4. The summed E-state index contributed by atoms with van der Waals surface area (Å²) in [6.07, 6.45) is 4.14. The zero-order valence-corrected chi connectivity index (χ0v) is 11.4. The highest BCUT2D eigenvalue weighted by Crippen LogP contribution is 2.49. The van der Waals surface area contributed by atoms with Crippen LogP contribution < -0.4 is 0 Å². The standard InChI is InChI=1S/C14H26O2/c1-6-16-12(15)7-11-8-13(2,3)10-14(4,5)9-11/h11H,6-10H2,1-5H3. The molecule has 0 atom stereocenters. The van der Waals surface area contributed by atoms with Gasteiger partial charge in [-0.2, -0.15) is 0 Å². The molecule has 0 saturated heterocycles. The lowest BCUT2D eigenvalue weighted by Gasteiger charge is -2.44. The Morgan fingerprint density at radius 1 is 1.19 bits per heavy atom. The van der Waals surface area contributed by atoms with Gasteiger partial charge in [-0.25, -0.2) is 0 Å². The van der Waals surface area contributed by atoms with Crippen molar-refractivity contribution in [2.75, 3.05) is 6.61 Å². The quantitative estimate of drug-likeness (QED) is 0.684. The van der Waals surface area contributed by atoms with E-state index in [1.807, 2.05) is 6.92 Å². The summed E-state index contributed by atoms with van der Waals surface area (Å²) in [5.74, 6) is 0.471. The number of hydrogen-bond acceptors (Lipinski definition) is 2. The molecule has 2 heteroatoms. The lowest BCUT2D eigenvalue weighted by Crippen LogP contribution is -2.34. The first-order chi connectivity index (χ1) is 7.24. The Kier molecular flexibility index (Phi) is 4.03. The lowest BCUT2D eigenvalue weighted by molar-refractivity contribution is -0.145. The van der Waals surface area contributed by atoms with E-state index < -0.39 is 0 Å². The summed E-state index contributed by atoms with van der Waals surface area (Å²) in [7, 11) is 0. The fourth-order valence-corrected chi connectivity index (χ4v) is 3.67. The van der Waals surface area contributed by atoms with Crippen molar-refractivity contribution in [3.63, 3.8) is 0 Å². The maximum absolute atomic E-state index is 11.5. The predicted molar refractivity (Wildman–Crippen MR) is 66.2 cm³/mol. The molecule has 1 saturated carbocycles. The van der Waals surface area contributed by atoms with Crippen molar-refractivity contribution in [2.45, 2.75) is 60.3 Å². The highest BCUT2D eigenvalue weighted by atomic mass is 16.5. The van der Waals surface area contributed by atoms with E-state index in [-0.39, 0.29) is 5.97 Å². The van der Waals surface area contributed by atoms with Crippen LogP contribution in [0.1, 0.15) is 60.3 Å². The van der Waals surface area contributed by atoms with Gasteiger partial charge in [0.25, 0.3) is 0 Å². The first kappa shape index (κ1) is 13.5. The number of carbonyl (C=O) groups is 1. The van der Waals surface area contributed by atoms with Crippen LogP contribution in [0.5, 0.6) is 0 Å². The number of esters is 1. The second-order valence-corrected chi connectivity index (χ2v) is 6.79. The molecule has 0 heterocycles. The highest BCUT2D eigenvalue weighted by Gasteiger charge is 2.39. The monoisotopic (exact) mass is 226 g/mol. The van der Waals surface area contributed by atoms with Gasteiger partial charge < -0.3 is 4.74 Å². The Hall–Kier alpha value is -0.530. The van der Waals surface area contributed by atoms with Crippen molar-refractivity contribution >= 4 is 5.97 Å². The minimum Gasteiger partial charge on any atom is -0.466 e. The van der Waals surface area contributed by atoms with E-state index in [9.17, 15) is 4.79 Å². The molecule has 16 heavy (non-hydrogen) atoms. The van der Waals surface area contributed by atoms with Gasteiger partial charge in [0, 0.05) is 6.42 Å². The molecule has 0 radical (unpaired) electrons. The van der Waals surface area contributed by atoms with Crippen LogP contribution in [-0.4, -0.2) is 12.6 Å². The van der Waals surface area contributed by atoms with Crippen LogP contribution in [0, 0.1) is 16.7 Å². The first-order valence-electron chi connectivity index (χ1n) is 6.40. The van der Waals surface area contributed by atoms with Gasteiger partial charge in [0.1, 0.15) is 0 Å². The van der Waals surface area contributed by atoms with Gasteiger partial charge >= 0.3 is 5.97 Å². The molecule has 0 aliphatic heterocycles. The molecule has 0 spiro atoms. The largest absolute Gasteiger partial charge is 0.466 e. The van der Waals surface area contributed by atoms with E-state index in [0.29, 0.717) is 29.8 Å². The smallest absolute Gasteiger partial charge is 0.306 e. The Labute approximate surface area is 99.8 Å². The average Bonchev–Trinajstić information content (AvgIpc) is 1.96. The van der Waals surface area contributed by atoms with E-state index in [1.165, 1.54) is 6.42 Å². The SMILES string of the molecule is CCOC(=O)CC1CC(C)(C)CC(C)(C)C1. The van der Waals surface area contributed by atoms with E-state index in [2.05, 4.69) is 27.7 Å². The molecule has 0 aromatic heterocycles. The van der Waals surface area contributed by atoms with E-state index in [0.717, 1.165) is 12.8 Å². The molecule has 1 aliphatic rings. The van der Waals surface area contributed by atoms with Gasteiger partial charge in [0.05, 0.1) is 6.61 Å². The fourth-order valence-electron chi connectivity index (χ4n) is 3.67. The fraction of sp³-hybridized carbons (Fsp3) is 0.929. The van der Waals surface area contributed by atoms with E-state index in [1.54, 1.807) is 0 Å². The Morgan fingerprint density at radius 3 is 2.12 bits per heavy atom. The molecule has 0 unspecified atom stereocenters. The molecular formula is C14H26O2. The molecule has 1 aliphatic carbocycles. The number of carbonyl (C=O) groups excluding carboxylic acids is 1. The minimum absolute atomic E-state index is 0.0269.